The van der Waals surface area contributed by atoms with Gasteiger partial charge in [-0.1, -0.05) is 278 Å². The summed E-state index contributed by atoms with van der Waals surface area (Å²) in [6.07, 6.45) is 53.7. The van der Waals surface area contributed by atoms with Crippen LogP contribution in [0.2, 0.25) is 0 Å². The van der Waals surface area contributed by atoms with Gasteiger partial charge >= 0.3 is 17.9 Å². The third-order valence-electron chi connectivity index (χ3n) is 13.2. The van der Waals surface area contributed by atoms with Crippen molar-refractivity contribution in [1.82, 2.24) is 0 Å². The van der Waals surface area contributed by atoms with Gasteiger partial charge in [0, 0.05) is 19.3 Å². The van der Waals surface area contributed by atoms with Gasteiger partial charge in [-0.2, -0.15) is 0 Å². The monoisotopic (exact) mass is 877 g/mol. The zero-order valence-corrected chi connectivity index (χ0v) is 42.3. The molecule has 0 aliphatic heterocycles. The normalized spacial score (nSPS) is 12.4. The first-order chi connectivity index (χ1) is 30.4. The molecule has 2 atom stereocenters. The number of esters is 3. The molecule has 0 bridgehead atoms. The van der Waals surface area contributed by atoms with Crippen LogP contribution >= 0.6 is 0 Å². The van der Waals surface area contributed by atoms with Crippen LogP contribution in [-0.2, 0) is 28.6 Å². The maximum absolute atomic E-state index is 12.8. The lowest BCUT2D eigenvalue weighted by atomic mass is 9.99. The van der Waals surface area contributed by atoms with E-state index in [2.05, 4.69) is 27.7 Å². The van der Waals surface area contributed by atoms with E-state index >= 15 is 0 Å². The Morgan fingerprint density at radius 2 is 0.565 bits per heavy atom. The van der Waals surface area contributed by atoms with Crippen molar-refractivity contribution >= 4 is 17.9 Å². The minimum Gasteiger partial charge on any atom is -0.462 e. The fraction of sp³-hybridized carbons (Fsp3) is 0.946. The van der Waals surface area contributed by atoms with Crippen LogP contribution in [0, 0.1) is 5.92 Å². The van der Waals surface area contributed by atoms with Crippen LogP contribution in [0.4, 0.5) is 0 Å². The summed E-state index contributed by atoms with van der Waals surface area (Å²) in [5, 5.41) is 0. The van der Waals surface area contributed by atoms with Gasteiger partial charge in [-0.05, 0) is 25.2 Å². The van der Waals surface area contributed by atoms with E-state index in [1.165, 1.54) is 212 Å². The first-order valence-electron chi connectivity index (χ1n) is 27.9. The first-order valence-corrected chi connectivity index (χ1v) is 27.9. The molecule has 62 heavy (non-hydrogen) atoms. The van der Waals surface area contributed by atoms with Gasteiger partial charge in [0.05, 0.1) is 0 Å². The average molecular weight is 877 g/mol. The molecule has 0 aromatic rings. The van der Waals surface area contributed by atoms with Crippen LogP contribution in [0.25, 0.3) is 0 Å². The number of unbranched alkanes of at least 4 members (excludes halogenated alkanes) is 37. The van der Waals surface area contributed by atoms with E-state index < -0.39 is 6.10 Å². The SMILES string of the molecule is CCCCCCCCCCCCCCCCCCCCC(=O)OC[C@H](COC(=O)CCCCCCCCCCCCCCCC)OC(=O)CCCCCCCCCCC(C)CC. The smallest absolute Gasteiger partial charge is 0.306 e. The maximum Gasteiger partial charge on any atom is 0.306 e. The third kappa shape index (κ3) is 47.9. The van der Waals surface area contributed by atoms with Crippen LogP contribution in [-0.4, -0.2) is 37.2 Å². The molecule has 6 heteroatoms. The summed E-state index contributed by atoms with van der Waals surface area (Å²) in [4.78, 5) is 38.0. The average Bonchev–Trinajstić information content (AvgIpc) is 3.27. The Hall–Kier alpha value is -1.59. The molecule has 0 rings (SSSR count). The summed E-state index contributed by atoms with van der Waals surface area (Å²) >= 11 is 0. The van der Waals surface area contributed by atoms with Crippen molar-refractivity contribution in [2.75, 3.05) is 13.2 Å². The number of hydrogen-bond acceptors (Lipinski definition) is 6. The van der Waals surface area contributed by atoms with E-state index in [9.17, 15) is 14.4 Å². The molecule has 368 valence electrons. The molecular formula is C56H108O6. The van der Waals surface area contributed by atoms with Gasteiger partial charge in [0.2, 0.25) is 0 Å². The van der Waals surface area contributed by atoms with Crippen molar-refractivity contribution < 1.29 is 28.6 Å². The zero-order valence-electron chi connectivity index (χ0n) is 42.3. The van der Waals surface area contributed by atoms with E-state index in [0.29, 0.717) is 19.3 Å². The lowest BCUT2D eigenvalue weighted by molar-refractivity contribution is -0.167. The van der Waals surface area contributed by atoms with E-state index in [4.69, 9.17) is 14.2 Å². The first kappa shape index (κ1) is 60.4. The Bertz CT molecular complexity index is 935. The summed E-state index contributed by atoms with van der Waals surface area (Å²) in [5.41, 5.74) is 0. The minimum atomic E-state index is -0.762. The maximum atomic E-state index is 12.8. The second-order valence-corrected chi connectivity index (χ2v) is 19.5. The molecule has 0 saturated heterocycles. The molecule has 1 unspecified atom stereocenters. The molecule has 6 nitrogen and oxygen atoms in total. The van der Waals surface area contributed by atoms with Crippen molar-refractivity contribution in [3.63, 3.8) is 0 Å². The standard InChI is InChI=1S/C56H108O6/c1-5-8-10-12-14-16-18-20-22-23-24-25-27-29-31-36-40-44-48-55(58)61-51-53(62-56(59)49-45-41-37-33-32-34-38-42-46-52(4)7-3)50-60-54(57)47-43-39-35-30-28-26-21-19-17-15-13-11-9-6-2/h52-53H,5-51H2,1-4H3/t52?,53-/m0/s1. The highest BCUT2D eigenvalue weighted by atomic mass is 16.6. The van der Waals surface area contributed by atoms with Gasteiger partial charge in [0.1, 0.15) is 13.2 Å². The predicted molar refractivity (Wildman–Crippen MR) is 266 cm³/mol. The van der Waals surface area contributed by atoms with Gasteiger partial charge in [-0.25, -0.2) is 0 Å². The molecule has 0 radical (unpaired) electrons. The molecule has 0 aromatic carbocycles. The molecular weight excluding hydrogens is 769 g/mol. The van der Waals surface area contributed by atoms with Crippen LogP contribution in [0.1, 0.15) is 317 Å². The van der Waals surface area contributed by atoms with E-state index in [-0.39, 0.29) is 31.1 Å². The summed E-state index contributed by atoms with van der Waals surface area (Å²) in [6, 6.07) is 0. The van der Waals surface area contributed by atoms with E-state index in [1.807, 2.05) is 0 Å². The molecule has 0 saturated carbocycles. The highest BCUT2D eigenvalue weighted by molar-refractivity contribution is 5.71. The van der Waals surface area contributed by atoms with Gasteiger partial charge in [-0.15, -0.1) is 0 Å². The number of carbonyl (C=O) groups is 3. The van der Waals surface area contributed by atoms with Crippen molar-refractivity contribution in [2.24, 2.45) is 5.92 Å². The van der Waals surface area contributed by atoms with Crippen LogP contribution in [0.3, 0.4) is 0 Å². The Balaban J connectivity index is 4.27. The molecule has 0 aromatic heterocycles. The Labute approximate surface area is 387 Å². The van der Waals surface area contributed by atoms with Crippen LogP contribution in [0.5, 0.6) is 0 Å². The highest BCUT2D eigenvalue weighted by Crippen LogP contribution is 2.18. The second-order valence-electron chi connectivity index (χ2n) is 19.5. The summed E-state index contributed by atoms with van der Waals surface area (Å²) in [7, 11) is 0. The molecule has 0 aliphatic rings. The number of ether oxygens (including phenoxy) is 3. The Morgan fingerprint density at radius 3 is 0.839 bits per heavy atom. The van der Waals surface area contributed by atoms with Crippen molar-refractivity contribution in [3.8, 4) is 0 Å². The van der Waals surface area contributed by atoms with E-state index in [1.54, 1.807) is 0 Å². The largest absolute Gasteiger partial charge is 0.462 e. The van der Waals surface area contributed by atoms with Gasteiger partial charge < -0.3 is 14.2 Å². The second kappa shape index (κ2) is 50.4. The Morgan fingerprint density at radius 1 is 0.323 bits per heavy atom. The number of carbonyl (C=O) groups excluding carboxylic acids is 3. The van der Waals surface area contributed by atoms with Gasteiger partial charge in [0.25, 0.3) is 0 Å². The number of rotatable bonds is 51. The zero-order chi connectivity index (χ0) is 45.2. The molecule has 0 spiro atoms. The quantitative estimate of drug-likeness (QED) is 0.0344. The molecule has 0 aliphatic carbocycles. The predicted octanol–water partition coefficient (Wildman–Crippen LogP) is 18.2. The summed E-state index contributed by atoms with van der Waals surface area (Å²) in [6.45, 7) is 9.05. The molecule has 0 heterocycles. The molecule has 0 fully saturated rings. The lowest BCUT2D eigenvalue weighted by Crippen LogP contribution is -2.30. The van der Waals surface area contributed by atoms with E-state index in [0.717, 1.165) is 63.7 Å². The van der Waals surface area contributed by atoms with Gasteiger partial charge in [-0.3, -0.25) is 14.4 Å². The van der Waals surface area contributed by atoms with Crippen molar-refractivity contribution in [3.05, 3.63) is 0 Å². The number of hydrogen-bond donors (Lipinski definition) is 0. The highest BCUT2D eigenvalue weighted by Gasteiger charge is 2.19. The minimum absolute atomic E-state index is 0.0627. The van der Waals surface area contributed by atoms with Crippen molar-refractivity contribution in [2.45, 2.75) is 323 Å². The fourth-order valence-electron chi connectivity index (χ4n) is 8.54. The third-order valence-corrected chi connectivity index (χ3v) is 13.2. The molecule has 0 N–H and O–H groups in total. The summed E-state index contributed by atoms with van der Waals surface area (Å²) < 4.78 is 16.9. The molecule has 0 amide bonds. The topological polar surface area (TPSA) is 78.9 Å². The lowest BCUT2D eigenvalue weighted by Gasteiger charge is -2.18. The van der Waals surface area contributed by atoms with Crippen LogP contribution in [0.15, 0.2) is 0 Å². The summed E-state index contributed by atoms with van der Waals surface area (Å²) in [5.74, 6) is 0.00400. The fourth-order valence-corrected chi connectivity index (χ4v) is 8.54. The van der Waals surface area contributed by atoms with Crippen molar-refractivity contribution in [1.29, 1.82) is 0 Å². The Kier molecular flexibility index (Phi) is 49.1. The van der Waals surface area contributed by atoms with Gasteiger partial charge in [0.15, 0.2) is 6.10 Å². The van der Waals surface area contributed by atoms with Crippen LogP contribution < -0.4 is 0 Å².